The number of hydrogen-bond donors (Lipinski definition) is 0. The zero-order chi connectivity index (χ0) is 13.3. The van der Waals surface area contributed by atoms with Gasteiger partial charge in [0.25, 0.3) is 0 Å². The van der Waals surface area contributed by atoms with Gasteiger partial charge in [-0.15, -0.1) is 0 Å². The summed E-state index contributed by atoms with van der Waals surface area (Å²) in [6, 6.07) is 7.28. The van der Waals surface area contributed by atoms with Gasteiger partial charge in [-0.2, -0.15) is 0 Å². The van der Waals surface area contributed by atoms with Crippen LogP contribution in [0.1, 0.15) is 39.2 Å². The van der Waals surface area contributed by atoms with E-state index in [0.29, 0.717) is 4.90 Å². The van der Waals surface area contributed by atoms with Crippen LogP contribution < -0.4 is 0 Å². The first-order valence-corrected chi connectivity index (χ1v) is 9.83. The molecule has 1 aromatic rings. The summed E-state index contributed by atoms with van der Waals surface area (Å²) >= 11 is 0. The lowest BCUT2D eigenvalue weighted by atomic mass is 10.1. The highest BCUT2D eigenvalue weighted by atomic mass is 32.8. The van der Waals surface area contributed by atoms with Crippen LogP contribution in [0, 0.1) is 0 Å². The van der Waals surface area contributed by atoms with E-state index in [2.05, 4.69) is 6.92 Å². The third kappa shape index (κ3) is 5.65. The fourth-order valence-corrected chi connectivity index (χ4v) is 3.18. The molecule has 0 saturated heterocycles. The lowest BCUT2D eigenvalue weighted by Crippen LogP contribution is -1.93. The average Bonchev–Trinajstić information content (AvgIpc) is 2.39. The average molecular weight is 274 g/mol. The predicted molar refractivity (Wildman–Crippen MR) is 77.8 cm³/mol. The van der Waals surface area contributed by atoms with Crippen LogP contribution in [0.25, 0.3) is 0 Å². The first-order valence-electron chi connectivity index (χ1n) is 6.12. The molecule has 0 fully saturated rings. The van der Waals surface area contributed by atoms with E-state index in [1.807, 2.05) is 26.0 Å². The van der Waals surface area contributed by atoms with Crippen LogP contribution in [0.3, 0.4) is 0 Å². The lowest BCUT2D eigenvalue weighted by Gasteiger charge is -2.03. The lowest BCUT2D eigenvalue weighted by molar-refractivity contribution is 0.610. The second kappa shape index (κ2) is 8.66. The number of benzene rings is 1. The van der Waals surface area contributed by atoms with Crippen LogP contribution >= 0.6 is 7.78 Å². The van der Waals surface area contributed by atoms with Crippen molar-refractivity contribution in [3.05, 3.63) is 29.8 Å². The Morgan fingerprint density at radius 1 is 1.12 bits per heavy atom. The SMILES string of the molecule is CC.CCCCc1ccc(S(=O)(=O)PC)cc1. The molecule has 2 nitrogen and oxygen atoms in total. The van der Waals surface area contributed by atoms with Gasteiger partial charge in [0.15, 0.2) is 9.46 Å². The maximum atomic E-state index is 11.5. The van der Waals surface area contributed by atoms with E-state index in [1.165, 1.54) is 5.56 Å². The summed E-state index contributed by atoms with van der Waals surface area (Å²) in [5.74, 6) is 0. The van der Waals surface area contributed by atoms with Crippen molar-refractivity contribution in [1.82, 2.24) is 0 Å². The summed E-state index contributed by atoms with van der Waals surface area (Å²) in [4.78, 5) is 0.448. The fraction of sp³-hybridized carbons (Fsp3) is 0.538. The van der Waals surface area contributed by atoms with Crippen molar-refractivity contribution in [3.8, 4) is 0 Å². The van der Waals surface area contributed by atoms with Gasteiger partial charge in [0.1, 0.15) is 0 Å². The predicted octanol–water partition coefficient (Wildman–Crippen LogP) is 4.05. The molecular formula is C13H23O2PS. The van der Waals surface area contributed by atoms with Gasteiger partial charge in [0.05, 0.1) is 4.90 Å². The smallest absolute Gasteiger partial charge is 0.191 e. The molecule has 0 aromatic heterocycles. The number of aryl methyl sites for hydroxylation is 1. The van der Waals surface area contributed by atoms with E-state index in [4.69, 9.17) is 0 Å². The molecule has 1 aromatic carbocycles. The molecule has 0 bridgehead atoms. The van der Waals surface area contributed by atoms with Crippen LogP contribution in [0.15, 0.2) is 29.2 Å². The largest absolute Gasteiger partial charge is 0.220 e. The summed E-state index contributed by atoms with van der Waals surface area (Å²) in [6.07, 6.45) is 3.35. The van der Waals surface area contributed by atoms with Crippen molar-refractivity contribution in [3.63, 3.8) is 0 Å². The monoisotopic (exact) mass is 274 g/mol. The molecule has 0 radical (unpaired) electrons. The molecule has 0 aliphatic carbocycles. The van der Waals surface area contributed by atoms with E-state index in [9.17, 15) is 8.42 Å². The Labute approximate surface area is 107 Å². The van der Waals surface area contributed by atoms with Gasteiger partial charge < -0.3 is 0 Å². The summed E-state index contributed by atoms with van der Waals surface area (Å²) in [7, 11) is -3.08. The topological polar surface area (TPSA) is 34.1 Å². The molecule has 0 spiro atoms. The highest BCUT2D eigenvalue weighted by molar-refractivity contribution is 8.43. The molecule has 1 rings (SSSR count). The molecule has 1 atom stereocenters. The molecule has 0 heterocycles. The van der Waals surface area contributed by atoms with Crippen molar-refractivity contribution < 1.29 is 8.42 Å². The minimum Gasteiger partial charge on any atom is -0.220 e. The molecule has 0 N–H and O–H groups in total. The first kappa shape index (κ1) is 16.6. The molecule has 0 amide bonds. The van der Waals surface area contributed by atoms with E-state index >= 15 is 0 Å². The van der Waals surface area contributed by atoms with Crippen LogP contribution in [-0.2, 0) is 15.9 Å². The van der Waals surface area contributed by atoms with Gasteiger partial charge in [0, 0.05) is 7.78 Å². The van der Waals surface area contributed by atoms with Gasteiger partial charge in [-0.3, -0.25) is 0 Å². The van der Waals surface area contributed by atoms with Crippen LogP contribution in [0.4, 0.5) is 0 Å². The zero-order valence-electron chi connectivity index (χ0n) is 11.2. The van der Waals surface area contributed by atoms with Gasteiger partial charge in [-0.1, -0.05) is 39.3 Å². The maximum Gasteiger partial charge on any atom is 0.191 e. The van der Waals surface area contributed by atoms with Crippen molar-refractivity contribution in [2.75, 3.05) is 6.66 Å². The van der Waals surface area contributed by atoms with E-state index in [-0.39, 0.29) is 7.78 Å². The highest BCUT2D eigenvalue weighted by Crippen LogP contribution is 2.25. The second-order valence-electron chi connectivity index (χ2n) is 3.46. The molecule has 4 heteroatoms. The molecule has 1 unspecified atom stereocenters. The summed E-state index contributed by atoms with van der Waals surface area (Å²) in [6.45, 7) is 7.84. The maximum absolute atomic E-state index is 11.5. The van der Waals surface area contributed by atoms with Crippen molar-refractivity contribution >= 4 is 17.2 Å². The van der Waals surface area contributed by atoms with Crippen molar-refractivity contribution in [2.24, 2.45) is 0 Å². The normalized spacial score (nSPS) is 11.3. The van der Waals surface area contributed by atoms with Gasteiger partial charge in [-0.25, -0.2) is 8.42 Å². The summed E-state index contributed by atoms with van der Waals surface area (Å²) in [5, 5.41) is 0. The minimum absolute atomic E-state index is 0.0681. The van der Waals surface area contributed by atoms with Crippen LogP contribution in [0.5, 0.6) is 0 Å². The Balaban J connectivity index is 0.00000121. The van der Waals surface area contributed by atoms with Gasteiger partial charge >= 0.3 is 0 Å². The van der Waals surface area contributed by atoms with Crippen molar-refractivity contribution in [2.45, 2.75) is 44.9 Å². The Hall–Kier alpha value is -0.400. The molecule has 0 aliphatic rings. The summed E-state index contributed by atoms with van der Waals surface area (Å²) < 4.78 is 23.1. The number of hydrogen-bond acceptors (Lipinski definition) is 2. The third-order valence-electron chi connectivity index (χ3n) is 2.32. The Kier molecular flexibility index (Phi) is 8.45. The second-order valence-corrected chi connectivity index (χ2v) is 8.18. The highest BCUT2D eigenvalue weighted by Gasteiger charge is 2.10. The molecule has 0 aliphatic heterocycles. The van der Waals surface area contributed by atoms with Gasteiger partial charge in [-0.05, 0) is 37.2 Å². The standard InChI is InChI=1S/C11H17O2PS.C2H6/c1-3-4-5-10-6-8-11(9-7-10)15(12,13)14-2;1-2/h6-9,14H,3-5H2,1-2H3;1-2H3. The van der Waals surface area contributed by atoms with E-state index in [0.717, 1.165) is 19.3 Å². The van der Waals surface area contributed by atoms with Crippen LogP contribution in [0.2, 0.25) is 0 Å². The first-order chi connectivity index (χ1) is 8.10. The van der Waals surface area contributed by atoms with Crippen molar-refractivity contribution in [1.29, 1.82) is 0 Å². The minimum atomic E-state index is -3.01. The fourth-order valence-electron chi connectivity index (χ4n) is 1.33. The molecule has 17 heavy (non-hydrogen) atoms. The Bertz CT molecular complexity index is 396. The van der Waals surface area contributed by atoms with Gasteiger partial charge in [0.2, 0.25) is 0 Å². The molecular weight excluding hydrogens is 251 g/mol. The van der Waals surface area contributed by atoms with E-state index in [1.54, 1.807) is 18.8 Å². The quantitative estimate of drug-likeness (QED) is 0.759. The number of rotatable bonds is 5. The van der Waals surface area contributed by atoms with Crippen LogP contribution in [-0.4, -0.2) is 15.1 Å². The third-order valence-corrected chi connectivity index (χ3v) is 6.07. The summed E-state index contributed by atoms with van der Waals surface area (Å²) in [5.41, 5.74) is 1.22. The van der Waals surface area contributed by atoms with E-state index < -0.39 is 9.46 Å². The molecule has 0 saturated carbocycles. The zero-order valence-corrected chi connectivity index (χ0v) is 13.0. The molecule has 98 valence electrons. The number of unbranched alkanes of at least 4 members (excludes halogenated alkanes) is 1. The Morgan fingerprint density at radius 3 is 2.06 bits per heavy atom. The Morgan fingerprint density at radius 2 is 1.65 bits per heavy atom.